The second kappa shape index (κ2) is 8.19. The number of benzene rings is 1. The number of aliphatic carboxylic acids is 2. The first-order valence-electron chi connectivity index (χ1n) is 7.22. The van der Waals surface area contributed by atoms with Gasteiger partial charge in [-0.2, -0.15) is 0 Å². The maximum atomic E-state index is 12.6. The van der Waals surface area contributed by atoms with Crippen LogP contribution in [0.5, 0.6) is 11.5 Å². The lowest BCUT2D eigenvalue weighted by Gasteiger charge is -2.21. The highest BCUT2D eigenvalue weighted by Gasteiger charge is 2.41. The Bertz CT molecular complexity index is 806. The van der Waals surface area contributed by atoms with Crippen molar-refractivity contribution in [2.24, 2.45) is 0 Å². The minimum absolute atomic E-state index is 0.0117. The number of nitrogens with zero attached hydrogens (tertiary/aromatic N) is 1. The van der Waals surface area contributed by atoms with Gasteiger partial charge in [-0.05, 0) is 18.2 Å². The fourth-order valence-corrected chi connectivity index (χ4v) is 3.63. The van der Waals surface area contributed by atoms with E-state index in [4.69, 9.17) is 26.8 Å². The monoisotopic (exact) mass is 397 g/mol. The zero-order valence-corrected chi connectivity index (χ0v) is 15.4. The fraction of sp³-hybridized carbons (Fsp3) is 0.250. The van der Waals surface area contributed by atoms with Crippen LogP contribution in [0.25, 0.3) is 6.08 Å². The first-order chi connectivity index (χ1) is 12.3. The van der Waals surface area contributed by atoms with Crippen molar-refractivity contribution in [2.45, 2.75) is 12.5 Å². The van der Waals surface area contributed by atoms with Crippen LogP contribution in [0.3, 0.4) is 0 Å². The van der Waals surface area contributed by atoms with Crippen molar-refractivity contribution >= 4 is 52.2 Å². The maximum Gasteiger partial charge on any atom is 0.327 e. The third-order valence-electron chi connectivity index (χ3n) is 3.52. The van der Waals surface area contributed by atoms with Gasteiger partial charge in [0, 0.05) is 11.6 Å². The van der Waals surface area contributed by atoms with Crippen LogP contribution in [0.1, 0.15) is 12.0 Å². The van der Waals surface area contributed by atoms with E-state index in [9.17, 15) is 19.5 Å². The molecule has 10 heteroatoms. The van der Waals surface area contributed by atoms with Gasteiger partial charge in [0.1, 0.15) is 21.9 Å². The normalized spacial score (nSPS) is 16.7. The summed E-state index contributed by atoms with van der Waals surface area (Å²) in [5.74, 6) is -2.42. The zero-order valence-electron chi connectivity index (χ0n) is 13.8. The summed E-state index contributed by atoms with van der Waals surface area (Å²) in [5, 5.41) is 18.1. The van der Waals surface area contributed by atoms with E-state index in [0.717, 1.165) is 16.7 Å². The number of methoxy groups -OCH3 is 2. The number of ether oxygens (including phenoxy) is 2. The van der Waals surface area contributed by atoms with Crippen LogP contribution in [-0.4, -0.2) is 57.5 Å². The summed E-state index contributed by atoms with van der Waals surface area (Å²) in [6, 6.07) is 3.43. The molecule has 1 atom stereocenters. The Morgan fingerprint density at radius 3 is 2.54 bits per heavy atom. The van der Waals surface area contributed by atoms with Gasteiger partial charge in [0.05, 0.1) is 25.5 Å². The van der Waals surface area contributed by atoms with Crippen molar-refractivity contribution in [3.05, 3.63) is 28.7 Å². The Hall–Kier alpha value is -2.59. The van der Waals surface area contributed by atoms with Crippen molar-refractivity contribution < 1.29 is 34.1 Å². The molecule has 0 unspecified atom stereocenters. The van der Waals surface area contributed by atoms with E-state index in [1.54, 1.807) is 18.2 Å². The van der Waals surface area contributed by atoms with E-state index in [1.807, 2.05) is 0 Å². The number of carbonyl (C=O) groups is 3. The predicted molar refractivity (Wildman–Crippen MR) is 98.2 cm³/mol. The molecule has 2 N–H and O–H groups in total. The summed E-state index contributed by atoms with van der Waals surface area (Å²) < 4.78 is 10.4. The molecule has 1 aromatic rings. The second-order valence-electron chi connectivity index (χ2n) is 5.11. The number of hydrogen-bond acceptors (Lipinski definition) is 7. The Kier molecular flexibility index (Phi) is 6.22. The van der Waals surface area contributed by atoms with Crippen LogP contribution < -0.4 is 9.47 Å². The number of thioether (sulfide) groups is 1. The summed E-state index contributed by atoms with van der Waals surface area (Å²) >= 11 is 5.98. The fourth-order valence-electron chi connectivity index (χ4n) is 2.28. The molecule has 2 rings (SSSR count). The van der Waals surface area contributed by atoms with Crippen LogP contribution >= 0.6 is 24.0 Å². The molecule has 0 saturated carbocycles. The smallest absolute Gasteiger partial charge is 0.327 e. The number of amides is 1. The van der Waals surface area contributed by atoms with Gasteiger partial charge in [0.25, 0.3) is 5.91 Å². The van der Waals surface area contributed by atoms with E-state index in [2.05, 4.69) is 0 Å². The molecule has 1 aromatic carbocycles. The molecule has 0 radical (unpaired) electrons. The molecule has 138 valence electrons. The second-order valence-corrected chi connectivity index (χ2v) is 6.79. The van der Waals surface area contributed by atoms with Crippen LogP contribution in [0.2, 0.25) is 0 Å². The molecule has 1 saturated heterocycles. The van der Waals surface area contributed by atoms with Crippen molar-refractivity contribution in [1.29, 1.82) is 0 Å². The largest absolute Gasteiger partial charge is 0.497 e. The van der Waals surface area contributed by atoms with E-state index in [0.29, 0.717) is 17.1 Å². The molecular weight excluding hydrogens is 382 g/mol. The number of rotatable bonds is 7. The van der Waals surface area contributed by atoms with Gasteiger partial charge in [0.2, 0.25) is 0 Å². The topological polar surface area (TPSA) is 113 Å². The lowest BCUT2D eigenvalue weighted by Crippen LogP contribution is -2.45. The molecule has 1 heterocycles. The summed E-state index contributed by atoms with van der Waals surface area (Å²) in [4.78, 5) is 35.9. The average molecular weight is 397 g/mol. The first-order valence-corrected chi connectivity index (χ1v) is 8.44. The minimum atomic E-state index is -1.57. The van der Waals surface area contributed by atoms with Crippen molar-refractivity contribution in [3.8, 4) is 11.5 Å². The van der Waals surface area contributed by atoms with Crippen LogP contribution in [0.15, 0.2) is 23.1 Å². The van der Waals surface area contributed by atoms with Gasteiger partial charge in [-0.1, -0.05) is 24.0 Å². The number of carboxylic acids is 2. The zero-order chi connectivity index (χ0) is 19.4. The maximum absolute atomic E-state index is 12.6. The molecule has 0 spiro atoms. The molecule has 1 fully saturated rings. The summed E-state index contributed by atoms with van der Waals surface area (Å²) in [5.41, 5.74) is 0.568. The van der Waals surface area contributed by atoms with Crippen molar-refractivity contribution in [3.63, 3.8) is 0 Å². The third-order valence-corrected chi connectivity index (χ3v) is 4.85. The Morgan fingerprint density at radius 1 is 1.31 bits per heavy atom. The quantitative estimate of drug-likeness (QED) is 0.525. The summed E-state index contributed by atoms with van der Waals surface area (Å²) in [6.45, 7) is 0. The highest BCUT2D eigenvalue weighted by atomic mass is 32.2. The van der Waals surface area contributed by atoms with Gasteiger partial charge in [0.15, 0.2) is 0 Å². The van der Waals surface area contributed by atoms with Crippen LogP contribution in [0, 0.1) is 0 Å². The SMILES string of the molecule is COc1ccc(/C=C2\SC(=S)N([C@@H](CC(=O)O)C(=O)O)C2=O)c(OC)c1. The molecule has 1 amide bonds. The van der Waals surface area contributed by atoms with Gasteiger partial charge in [-0.3, -0.25) is 14.5 Å². The summed E-state index contributed by atoms with van der Waals surface area (Å²) in [6.07, 6.45) is 0.762. The van der Waals surface area contributed by atoms with E-state index in [1.165, 1.54) is 20.3 Å². The van der Waals surface area contributed by atoms with Gasteiger partial charge in [-0.15, -0.1) is 0 Å². The first kappa shape index (κ1) is 19.7. The molecule has 0 aliphatic carbocycles. The van der Waals surface area contributed by atoms with Crippen LogP contribution in [0.4, 0.5) is 0 Å². The Labute approximate surface area is 158 Å². The number of hydrogen-bond donors (Lipinski definition) is 2. The Morgan fingerprint density at radius 2 is 2.00 bits per heavy atom. The van der Waals surface area contributed by atoms with E-state index in [-0.39, 0.29) is 9.23 Å². The average Bonchev–Trinajstić information content (AvgIpc) is 2.86. The Balaban J connectivity index is 2.37. The minimum Gasteiger partial charge on any atom is -0.497 e. The molecule has 1 aliphatic heterocycles. The van der Waals surface area contributed by atoms with Gasteiger partial charge in [-0.25, -0.2) is 4.79 Å². The lowest BCUT2D eigenvalue weighted by molar-refractivity contribution is -0.150. The van der Waals surface area contributed by atoms with E-state index >= 15 is 0 Å². The summed E-state index contributed by atoms with van der Waals surface area (Å²) in [7, 11) is 2.97. The molecule has 0 aromatic heterocycles. The molecular formula is C16H15NO7S2. The van der Waals surface area contributed by atoms with Crippen molar-refractivity contribution in [2.75, 3.05) is 14.2 Å². The highest BCUT2D eigenvalue weighted by molar-refractivity contribution is 8.26. The molecule has 1 aliphatic rings. The van der Waals surface area contributed by atoms with E-state index < -0.39 is 30.3 Å². The van der Waals surface area contributed by atoms with Gasteiger partial charge < -0.3 is 19.7 Å². The number of thiocarbonyl (C=S) groups is 1. The van der Waals surface area contributed by atoms with Gasteiger partial charge >= 0.3 is 11.9 Å². The van der Waals surface area contributed by atoms with Crippen molar-refractivity contribution in [1.82, 2.24) is 4.90 Å². The molecule has 8 nitrogen and oxygen atoms in total. The van der Waals surface area contributed by atoms with Crippen LogP contribution in [-0.2, 0) is 14.4 Å². The molecule has 26 heavy (non-hydrogen) atoms. The molecule has 0 bridgehead atoms. The number of carbonyl (C=O) groups excluding carboxylic acids is 1. The standard InChI is InChI=1S/C16H15NO7S2/c1-23-9-4-3-8(11(6-9)24-2)5-12-14(20)17(16(25)26-12)10(15(21)22)7-13(18)19/h3-6,10H,7H2,1-2H3,(H,18,19)(H,21,22)/b12-5-/t10-/m0/s1. The predicted octanol–water partition coefficient (Wildman–Crippen LogP) is 1.83. The third kappa shape index (κ3) is 4.14. The number of carboxylic acid groups (broad SMARTS) is 2. The highest BCUT2D eigenvalue weighted by Crippen LogP contribution is 2.36. The lowest BCUT2D eigenvalue weighted by atomic mass is 10.1.